The van der Waals surface area contributed by atoms with E-state index in [4.69, 9.17) is 9.47 Å². The molecule has 23 heavy (non-hydrogen) atoms. The summed E-state index contributed by atoms with van der Waals surface area (Å²) in [5, 5.41) is 7.93. The van der Waals surface area contributed by atoms with Crippen LogP contribution in [0.1, 0.15) is 24.2 Å². The molecule has 0 aromatic carbocycles. The zero-order chi connectivity index (χ0) is 16.6. The number of nitrogens with zero attached hydrogens (tertiary/aromatic N) is 5. The lowest BCUT2D eigenvalue weighted by Crippen LogP contribution is -2.55. The minimum atomic E-state index is -0.415. The van der Waals surface area contributed by atoms with Gasteiger partial charge in [0.15, 0.2) is 5.65 Å². The predicted molar refractivity (Wildman–Crippen MR) is 83.0 cm³/mol. The second kappa shape index (κ2) is 5.86. The molecule has 3 rings (SSSR count). The van der Waals surface area contributed by atoms with Gasteiger partial charge in [-0.25, -0.2) is 9.67 Å². The molecule has 1 amide bonds. The molecule has 0 spiro atoms. The maximum Gasteiger partial charge on any atom is 0.255 e. The first-order chi connectivity index (χ1) is 10.9. The van der Waals surface area contributed by atoms with E-state index in [0.29, 0.717) is 36.4 Å². The monoisotopic (exact) mass is 319 g/mol. The van der Waals surface area contributed by atoms with E-state index >= 15 is 0 Å². The van der Waals surface area contributed by atoms with Gasteiger partial charge in [0, 0.05) is 33.4 Å². The number of pyridine rings is 1. The average Bonchev–Trinajstić information content (AvgIpc) is 2.86. The third kappa shape index (κ3) is 3.18. The summed E-state index contributed by atoms with van der Waals surface area (Å²) in [7, 11) is 3.40. The molecule has 1 atom stereocenters. The van der Waals surface area contributed by atoms with Crippen LogP contribution in [0.3, 0.4) is 0 Å². The first-order valence-electron chi connectivity index (χ1n) is 7.51. The van der Waals surface area contributed by atoms with Gasteiger partial charge >= 0.3 is 0 Å². The number of rotatable bonds is 3. The maximum absolute atomic E-state index is 12.8. The van der Waals surface area contributed by atoms with E-state index < -0.39 is 5.60 Å². The highest BCUT2D eigenvalue weighted by Crippen LogP contribution is 2.23. The smallest absolute Gasteiger partial charge is 0.255 e. The van der Waals surface area contributed by atoms with Crippen LogP contribution in [0.25, 0.3) is 11.2 Å². The lowest BCUT2D eigenvalue weighted by Gasteiger charge is -2.42. The number of hydrogen-bond acceptors (Lipinski definition) is 6. The van der Waals surface area contributed by atoms with E-state index in [9.17, 15) is 4.79 Å². The molecule has 0 N–H and O–H groups in total. The fourth-order valence-corrected chi connectivity index (χ4v) is 2.95. The van der Waals surface area contributed by atoms with Crippen molar-refractivity contribution in [2.75, 3.05) is 26.8 Å². The molecule has 1 aliphatic rings. The van der Waals surface area contributed by atoms with Crippen molar-refractivity contribution in [2.24, 2.45) is 7.05 Å². The van der Waals surface area contributed by atoms with Crippen LogP contribution in [-0.4, -0.2) is 69.3 Å². The zero-order valence-electron chi connectivity index (χ0n) is 13.8. The van der Waals surface area contributed by atoms with Gasteiger partial charge in [0.2, 0.25) is 0 Å². The number of carbonyl (C=O) groups excluding carboxylic acids is 1. The Kier molecular flexibility index (Phi) is 4.03. The molecule has 1 saturated heterocycles. The van der Waals surface area contributed by atoms with Crippen LogP contribution in [0.5, 0.6) is 0 Å². The first kappa shape index (κ1) is 15.8. The summed E-state index contributed by atoms with van der Waals surface area (Å²) in [5.74, 6) is -0.0810. The molecule has 2 aromatic heterocycles. The molecule has 3 heterocycles. The van der Waals surface area contributed by atoms with Crippen molar-refractivity contribution in [2.45, 2.75) is 25.6 Å². The summed E-state index contributed by atoms with van der Waals surface area (Å²) < 4.78 is 12.7. The summed E-state index contributed by atoms with van der Waals surface area (Å²) in [5.41, 5.74) is 1.36. The van der Waals surface area contributed by atoms with Gasteiger partial charge < -0.3 is 14.4 Å². The van der Waals surface area contributed by atoms with Gasteiger partial charge in [0.1, 0.15) is 5.52 Å². The van der Waals surface area contributed by atoms with Crippen LogP contribution in [-0.2, 0) is 16.5 Å². The highest BCUT2D eigenvalue weighted by molar-refractivity contribution is 5.96. The van der Waals surface area contributed by atoms with Gasteiger partial charge in [-0.05, 0) is 19.9 Å². The van der Waals surface area contributed by atoms with Crippen molar-refractivity contribution in [3.05, 3.63) is 17.8 Å². The number of morpholine rings is 1. The Balaban J connectivity index is 1.84. The van der Waals surface area contributed by atoms with Crippen molar-refractivity contribution >= 4 is 17.1 Å². The van der Waals surface area contributed by atoms with Crippen LogP contribution >= 0.6 is 0 Å². The first-order valence-corrected chi connectivity index (χ1v) is 7.51. The number of hydrogen-bond donors (Lipinski definition) is 0. The molecule has 1 aliphatic heterocycles. The van der Waals surface area contributed by atoms with E-state index in [2.05, 4.69) is 15.3 Å². The molecule has 2 aromatic rings. The van der Waals surface area contributed by atoms with Crippen molar-refractivity contribution in [1.29, 1.82) is 0 Å². The lowest BCUT2D eigenvalue weighted by molar-refractivity contribution is -0.143. The highest BCUT2D eigenvalue weighted by Gasteiger charge is 2.36. The summed E-state index contributed by atoms with van der Waals surface area (Å²) >= 11 is 0. The lowest BCUT2D eigenvalue weighted by atomic mass is 10.0. The van der Waals surface area contributed by atoms with E-state index in [1.54, 1.807) is 36.0 Å². The summed E-state index contributed by atoms with van der Waals surface area (Å²) in [6.07, 6.45) is 1.43. The molecule has 0 saturated carbocycles. The van der Waals surface area contributed by atoms with Gasteiger partial charge in [0.25, 0.3) is 5.91 Å². The van der Waals surface area contributed by atoms with Crippen LogP contribution in [0.4, 0.5) is 0 Å². The van der Waals surface area contributed by atoms with Gasteiger partial charge in [-0.1, -0.05) is 5.21 Å². The van der Waals surface area contributed by atoms with Gasteiger partial charge in [-0.3, -0.25) is 4.79 Å². The quantitative estimate of drug-likeness (QED) is 0.825. The molecule has 0 bridgehead atoms. The number of aromatic nitrogens is 4. The van der Waals surface area contributed by atoms with Crippen LogP contribution < -0.4 is 0 Å². The summed E-state index contributed by atoms with van der Waals surface area (Å²) in [6, 6.07) is 1.73. The maximum atomic E-state index is 12.8. The Bertz CT molecular complexity index is 727. The molecule has 0 aliphatic carbocycles. The number of aryl methyl sites for hydroxylation is 1. The third-order valence-corrected chi connectivity index (χ3v) is 3.81. The van der Waals surface area contributed by atoms with Crippen molar-refractivity contribution < 1.29 is 14.3 Å². The molecular weight excluding hydrogens is 298 g/mol. The topological polar surface area (TPSA) is 82.4 Å². The number of amides is 1. The average molecular weight is 319 g/mol. The van der Waals surface area contributed by atoms with Crippen LogP contribution in [0.2, 0.25) is 0 Å². The molecule has 8 nitrogen and oxygen atoms in total. The number of carbonyl (C=O) groups is 1. The largest absolute Gasteiger partial charge is 0.382 e. The minimum absolute atomic E-state index is 0.0810. The van der Waals surface area contributed by atoms with E-state index in [-0.39, 0.29) is 12.0 Å². The Morgan fingerprint density at radius 1 is 1.52 bits per heavy atom. The number of fused-ring (bicyclic) bond motifs is 1. The van der Waals surface area contributed by atoms with E-state index in [1.807, 2.05) is 13.8 Å². The fourth-order valence-electron chi connectivity index (χ4n) is 2.95. The van der Waals surface area contributed by atoms with Crippen molar-refractivity contribution in [3.8, 4) is 0 Å². The Morgan fingerprint density at radius 3 is 3.04 bits per heavy atom. The molecule has 0 radical (unpaired) electrons. The van der Waals surface area contributed by atoms with Gasteiger partial charge in [0.05, 0.1) is 23.9 Å². The highest BCUT2D eigenvalue weighted by atomic mass is 16.5. The second-order valence-corrected chi connectivity index (χ2v) is 6.42. The molecule has 8 heteroatoms. The summed E-state index contributed by atoms with van der Waals surface area (Å²) in [6.45, 7) is 5.41. The minimum Gasteiger partial charge on any atom is -0.382 e. The molecule has 124 valence electrons. The van der Waals surface area contributed by atoms with Gasteiger partial charge in [-0.15, -0.1) is 5.10 Å². The normalized spacial score (nSPS) is 20.9. The second-order valence-electron chi connectivity index (χ2n) is 6.42. The number of ether oxygens (including phenoxy) is 2. The summed E-state index contributed by atoms with van der Waals surface area (Å²) in [4.78, 5) is 18.9. The number of methoxy groups -OCH3 is 1. The Labute approximate surface area is 134 Å². The van der Waals surface area contributed by atoms with Gasteiger partial charge in [-0.2, -0.15) is 0 Å². The SMILES string of the molecule is COCC1CN(C(=O)c2cnc3c(c2)nnn3C)CC(C)(C)O1. The van der Waals surface area contributed by atoms with Crippen molar-refractivity contribution in [3.63, 3.8) is 0 Å². The van der Waals surface area contributed by atoms with Crippen molar-refractivity contribution in [1.82, 2.24) is 24.9 Å². The Hall–Kier alpha value is -2.06. The van der Waals surface area contributed by atoms with E-state index in [0.717, 1.165) is 0 Å². The zero-order valence-corrected chi connectivity index (χ0v) is 13.8. The molecule has 1 fully saturated rings. The third-order valence-electron chi connectivity index (χ3n) is 3.81. The van der Waals surface area contributed by atoms with Crippen LogP contribution in [0.15, 0.2) is 12.3 Å². The molecular formula is C15H21N5O3. The predicted octanol–water partition coefficient (Wildman–Crippen LogP) is 0.629. The standard InChI is InChI=1S/C15H21N5O3/c1-15(2)9-20(7-11(23-15)8-22-4)14(21)10-5-12-13(16-6-10)19(3)18-17-12/h5-6,11H,7-9H2,1-4H3. The fraction of sp³-hybridized carbons (Fsp3) is 0.600. The Morgan fingerprint density at radius 2 is 2.30 bits per heavy atom. The van der Waals surface area contributed by atoms with E-state index in [1.165, 1.54) is 0 Å². The van der Waals surface area contributed by atoms with Crippen LogP contribution in [0, 0.1) is 0 Å². The molecule has 1 unspecified atom stereocenters.